The average Bonchev–Trinajstić information content (AvgIpc) is 2.98. The number of carbonyl (C=O) groups excluding carboxylic acids is 1. The van der Waals surface area contributed by atoms with Crippen LogP contribution >= 0.6 is 11.6 Å². The van der Waals surface area contributed by atoms with Gasteiger partial charge in [0.2, 0.25) is 10.0 Å². The summed E-state index contributed by atoms with van der Waals surface area (Å²) >= 11 is 5.93. The van der Waals surface area contributed by atoms with E-state index < -0.39 is 16.1 Å². The first-order valence-corrected chi connectivity index (χ1v) is 9.05. The molecule has 0 bridgehead atoms. The molecule has 3 rings (SSSR count). The van der Waals surface area contributed by atoms with Crippen LogP contribution in [0.2, 0.25) is 5.02 Å². The molecule has 2 aromatic rings. The molecule has 0 unspecified atom stereocenters. The van der Waals surface area contributed by atoms with Gasteiger partial charge < -0.3 is 10.1 Å². The molecule has 24 heavy (non-hydrogen) atoms. The maximum Gasteiger partial charge on any atom is 0.265 e. The lowest BCUT2D eigenvalue weighted by Gasteiger charge is -2.11. The predicted octanol–water partition coefficient (Wildman–Crippen LogP) is 2.19. The maximum absolute atomic E-state index is 12.3. The Labute approximate surface area is 144 Å². The second-order valence-electron chi connectivity index (χ2n) is 5.28. The van der Waals surface area contributed by atoms with Gasteiger partial charge in [0.25, 0.3) is 5.91 Å². The minimum atomic E-state index is -3.50. The van der Waals surface area contributed by atoms with Crippen molar-refractivity contribution in [1.82, 2.24) is 4.72 Å². The third kappa shape index (κ3) is 3.38. The van der Waals surface area contributed by atoms with Gasteiger partial charge in [-0.1, -0.05) is 11.6 Å². The summed E-state index contributed by atoms with van der Waals surface area (Å²) in [4.78, 5) is 12.4. The van der Waals surface area contributed by atoms with E-state index in [4.69, 9.17) is 16.3 Å². The fourth-order valence-electron chi connectivity index (χ4n) is 2.42. The highest BCUT2D eigenvalue weighted by molar-refractivity contribution is 7.89. The Morgan fingerprint density at radius 3 is 2.58 bits per heavy atom. The molecule has 2 aromatic carbocycles. The lowest BCUT2D eigenvalue weighted by Crippen LogP contribution is -2.31. The van der Waals surface area contributed by atoms with Crippen LogP contribution < -0.4 is 14.8 Å². The zero-order valence-electron chi connectivity index (χ0n) is 12.7. The highest BCUT2D eigenvalue weighted by Crippen LogP contribution is 2.31. The van der Waals surface area contributed by atoms with E-state index in [1.807, 2.05) is 0 Å². The second-order valence-corrected chi connectivity index (χ2v) is 7.61. The molecule has 0 saturated heterocycles. The van der Waals surface area contributed by atoms with E-state index in [9.17, 15) is 13.2 Å². The van der Waals surface area contributed by atoms with Crippen LogP contribution in [0.1, 0.15) is 5.56 Å². The van der Waals surface area contributed by atoms with Crippen LogP contribution in [0.25, 0.3) is 0 Å². The third-order valence-corrected chi connectivity index (χ3v) is 5.36. The topological polar surface area (TPSA) is 84.5 Å². The van der Waals surface area contributed by atoms with Crippen LogP contribution in [0.3, 0.4) is 0 Å². The van der Waals surface area contributed by atoms with E-state index in [0.29, 0.717) is 22.9 Å². The Morgan fingerprint density at radius 2 is 1.92 bits per heavy atom. The van der Waals surface area contributed by atoms with E-state index in [0.717, 1.165) is 5.56 Å². The SMILES string of the molecule is CNS(=O)(=O)c1ccc(NC(=O)[C@H]2Cc3cc(Cl)ccc3O2)cc1. The molecule has 0 aromatic heterocycles. The number of hydrogen-bond acceptors (Lipinski definition) is 4. The molecule has 1 atom stereocenters. The first-order chi connectivity index (χ1) is 11.4. The number of nitrogens with one attached hydrogen (secondary N) is 2. The minimum absolute atomic E-state index is 0.127. The molecule has 2 N–H and O–H groups in total. The van der Waals surface area contributed by atoms with Gasteiger partial charge in [0, 0.05) is 17.1 Å². The molecular formula is C16H15ClN2O4S. The third-order valence-electron chi connectivity index (χ3n) is 3.69. The number of rotatable bonds is 4. The Balaban J connectivity index is 1.68. The molecule has 0 spiro atoms. The number of carbonyl (C=O) groups is 1. The van der Waals surface area contributed by atoms with Crippen molar-refractivity contribution in [2.45, 2.75) is 17.4 Å². The lowest BCUT2D eigenvalue weighted by molar-refractivity contribution is -0.122. The molecule has 6 nitrogen and oxygen atoms in total. The van der Waals surface area contributed by atoms with Gasteiger partial charge in [0.05, 0.1) is 4.90 Å². The highest BCUT2D eigenvalue weighted by Gasteiger charge is 2.29. The summed E-state index contributed by atoms with van der Waals surface area (Å²) in [5.74, 6) is 0.349. The zero-order valence-corrected chi connectivity index (χ0v) is 14.3. The average molecular weight is 367 g/mol. The first kappa shape index (κ1) is 16.8. The van der Waals surface area contributed by atoms with Crippen molar-refractivity contribution < 1.29 is 17.9 Å². The molecule has 0 aliphatic carbocycles. The number of benzene rings is 2. The van der Waals surface area contributed by atoms with Gasteiger partial charge in [-0.25, -0.2) is 13.1 Å². The molecule has 0 saturated carbocycles. The van der Waals surface area contributed by atoms with Gasteiger partial charge in [0.15, 0.2) is 6.10 Å². The predicted molar refractivity (Wildman–Crippen MR) is 90.9 cm³/mol. The van der Waals surface area contributed by atoms with E-state index in [1.165, 1.54) is 31.3 Å². The van der Waals surface area contributed by atoms with Crippen molar-refractivity contribution in [2.24, 2.45) is 0 Å². The van der Waals surface area contributed by atoms with Gasteiger partial charge >= 0.3 is 0 Å². The van der Waals surface area contributed by atoms with Crippen LogP contribution in [-0.4, -0.2) is 27.5 Å². The van der Waals surface area contributed by atoms with Crippen LogP contribution in [0, 0.1) is 0 Å². The van der Waals surface area contributed by atoms with Crippen molar-refractivity contribution in [3.63, 3.8) is 0 Å². The fourth-order valence-corrected chi connectivity index (χ4v) is 3.35. The number of amides is 1. The van der Waals surface area contributed by atoms with Gasteiger partial charge in [0.1, 0.15) is 5.75 Å². The number of fused-ring (bicyclic) bond motifs is 1. The Kier molecular flexibility index (Phi) is 4.49. The summed E-state index contributed by atoms with van der Waals surface area (Å²) in [5.41, 5.74) is 1.38. The van der Waals surface area contributed by atoms with Crippen molar-refractivity contribution in [3.8, 4) is 5.75 Å². The number of hydrogen-bond donors (Lipinski definition) is 2. The number of anilines is 1. The highest BCUT2D eigenvalue weighted by atomic mass is 35.5. The summed E-state index contributed by atoms with van der Waals surface area (Å²) in [7, 11) is -2.16. The van der Waals surface area contributed by atoms with E-state index in [1.54, 1.807) is 18.2 Å². The molecule has 8 heteroatoms. The zero-order chi connectivity index (χ0) is 17.3. The molecule has 1 heterocycles. The van der Waals surface area contributed by atoms with Crippen LogP contribution in [0.5, 0.6) is 5.75 Å². The quantitative estimate of drug-likeness (QED) is 0.868. The minimum Gasteiger partial charge on any atom is -0.480 e. The molecule has 0 fully saturated rings. The van der Waals surface area contributed by atoms with E-state index >= 15 is 0 Å². The van der Waals surface area contributed by atoms with Crippen molar-refractivity contribution in [1.29, 1.82) is 0 Å². The van der Waals surface area contributed by atoms with E-state index in [2.05, 4.69) is 10.0 Å². The number of sulfonamides is 1. The number of halogens is 1. The van der Waals surface area contributed by atoms with Gasteiger partial charge in [-0.05, 0) is 55.1 Å². The summed E-state index contributed by atoms with van der Waals surface area (Å²) in [6.45, 7) is 0. The maximum atomic E-state index is 12.3. The van der Waals surface area contributed by atoms with Gasteiger partial charge in [-0.3, -0.25) is 4.79 Å². The Bertz CT molecular complexity index is 881. The molecule has 0 radical (unpaired) electrons. The molecule has 1 aliphatic rings. The van der Waals surface area contributed by atoms with Gasteiger partial charge in [-0.2, -0.15) is 0 Å². The summed E-state index contributed by atoms with van der Waals surface area (Å²) in [5, 5.41) is 3.31. The monoisotopic (exact) mass is 366 g/mol. The normalized spacial score (nSPS) is 16.3. The van der Waals surface area contributed by atoms with Crippen LogP contribution in [0.15, 0.2) is 47.4 Å². The van der Waals surface area contributed by atoms with Crippen molar-refractivity contribution in [3.05, 3.63) is 53.1 Å². The second kappa shape index (κ2) is 6.43. The van der Waals surface area contributed by atoms with Crippen molar-refractivity contribution in [2.75, 3.05) is 12.4 Å². The Morgan fingerprint density at radius 1 is 1.21 bits per heavy atom. The summed E-state index contributed by atoms with van der Waals surface area (Å²) in [6.07, 6.45) is -0.201. The standard InChI is InChI=1S/C16H15ClN2O4S/c1-18-24(21,22)13-5-3-12(4-6-13)19-16(20)15-9-10-8-11(17)2-7-14(10)23-15/h2-8,15,18H,9H2,1H3,(H,19,20)/t15-/m1/s1. The first-order valence-electron chi connectivity index (χ1n) is 7.18. The Hall–Kier alpha value is -2.09. The van der Waals surface area contributed by atoms with Crippen LogP contribution in [-0.2, 0) is 21.2 Å². The number of ether oxygens (including phenoxy) is 1. The van der Waals surface area contributed by atoms with Crippen molar-refractivity contribution >= 4 is 33.2 Å². The largest absolute Gasteiger partial charge is 0.480 e. The summed E-state index contributed by atoms with van der Waals surface area (Å²) < 4.78 is 31.2. The molecule has 1 aliphatic heterocycles. The molecule has 126 valence electrons. The van der Waals surface area contributed by atoms with E-state index in [-0.39, 0.29) is 10.8 Å². The lowest BCUT2D eigenvalue weighted by atomic mass is 10.1. The van der Waals surface area contributed by atoms with Crippen LogP contribution in [0.4, 0.5) is 5.69 Å². The summed E-state index contributed by atoms with van der Waals surface area (Å²) in [6, 6.07) is 11.1. The molecule has 1 amide bonds. The molecular weight excluding hydrogens is 352 g/mol. The smallest absolute Gasteiger partial charge is 0.265 e. The fraction of sp³-hybridized carbons (Fsp3) is 0.188. The van der Waals surface area contributed by atoms with Gasteiger partial charge in [-0.15, -0.1) is 0 Å².